The topological polar surface area (TPSA) is 98.5 Å². The highest BCUT2D eigenvalue weighted by atomic mass is 35.7. The van der Waals surface area contributed by atoms with Crippen LogP contribution in [0.5, 0.6) is 0 Å². The molecule has 0 aromatic heterocycles. The number of benzene rings is 1. The van der Waals surface area contributed by atoms with E-state index in [4.69, 9.17) is 18.6 Å². The standard InChI is InChI=1S/C17H27N2.ClHO4/c1-6-7-8-15-9-11-16(12-10-15)17(13-18(2)3)14-19(4)5;2-1(3,4)5/h9-14H,6-8H2,1-5H3;(H,2,3,4,5)/q+1;/p-1. The molecule has 0 heterocycles. The van der Waals surface area contributed by atoms with Crippen molar-refractivity contribution in [2.75, 3.05) is 28.2 Å². The van der Waals surface area contributed by atoms with Crippen LogP contribution < -0.4 is 18.6 Å². The minimum atomic E-state index is -4.94. The van der Waals surface area contributed by atoms with E-state index < -0.39 is 10.2 Å². The third-order valence-electron chi connectivity index (χ3n) is 2.90. The van der Waals surface area contributed by atoms with Crippen LogP contribution in [-0.4, -0.2) is 43.9 Å². The molecular weight excluding hydrogens is 332 g/mol. The normalized spacial score (nSPS) is 11.5. The van der Waals surface area contributed by atoms with E-state index in [1.807, 2.05) is 0 Å². The number of hydrogen-bond donors (Lipinski definition) is 0. The molecule has 6 nitrogen and oxygen atoms in total. The van der Waals surface area contributed by atoms with Gasteiger partial charge in [0.2, 0.25) is 0 Å². The third kappa shape index (κ3) is 13.0. The van der Waals surface area contributed by atoms with E-state index in [9.17, 15) is 0 Å². The summed E-state index contributed by atoms with van der Waals surface area (Å²) in [7, 11) is 3.27. The van der Waals surface area contributed by atoms with Crippen LogP contribution in [0.2, 0.25) is 0 Å². The summed E-state index contributed by atoms with van der Waals surface area (Å²) in [5.41, 5.74) is 3.93. The molecule has 0 spiro atoms. The highest BCUT2D eigenvalue weighted by molar-refractivity contribution is 6.07. The first-order valence-electron chi connectivity index (χ1n) is 7.63. The molecule has 0 saturated carbocycles. The minimum absolute atomic E-state index is 1.18. The third-order valence-corrected chi connectivity index (χ3v) is 2.90. The summed E-state index contributed by atoms with van der Waals surface area (Å²) >= 11 is 0. The lowest BCUT2D eigenvalue weighted by Gasteiger charge is -2.17. The van der Waals surface area contributed by atoms with E-state index in [-0.39, 0.29) is 0 Å². The summed E-state index contributed by atoms with van der Waals surface area (Å²) < 4.78 is 36.1. The second-order valence-electron chi connectivity index (χ2n) is 5.82. The van der Waals surface area contributed by atoms with Crippen LogP contribution in [-0.2, 0) is 6.42 Å². The maximum Gasteiger partial charge on any atom is 0.172 e. The molecule has 0 aliphatic heterocycles. The Morgan fingerprint density at radius 1 is 1.08 bits per heavy atom. The molecule has 0 radical (unpaired) electrons. The summed E-state index contributed by atoms with van der Waals surface area (Å²) in [6.45, 7) is 2.23. The highest BCUT2D eigenvalue weighted by Gasteiger charge is 2.04. The fourth-order valence-electron chi connectivity index (χ4n) is 1.98. The Balaban J connectivity index is 0.000000922. The van der Waals surface area contributed by atoms with Crippen LogP contribution >= 0.6 is 0 Å². The number of hydrogen-bond acceptors (Lipinski definition) is 5. The van der Waals surface area contributed by atoms with E-state index in [0.29, 0.717) is 0 Å². The minimum Gasteiger partial charge on any atom is -0.383 e. The van der Waals surface area contributed by atoms with Gasteiger partial charge >= 0.3 is 0 Å². The van der Waals surface area contributed by atoms with Crippen LogP contribution in [0, 0.1) is 10.2 Å². The van der Waals surface area contributed by atoms with Gasteiger partial charge in [-0.3, -0.25) is 0 Å². The summed E-state index contributed by atoms with van der Waals surface area (Å²) in [5.74, 6) is 0. The largest absolute Gasteiger partial charge is 0.383 e. The van der Waals surface area contributed by atoms with E-state index in [0.717, 1.165) is 0 Å². The SMILES string of the molecule is CCCCc1ccc(/C(C=[N+](C)C)=C/N(C)C)cc1.[O-][Cl+3]([O-])([O-])[O-]. The quantitative estimate of drug-likeness (QED) is 0.456. The van der Waals surface area contributed by atoms with Crippen LogP contribution in [0.25, 0.3) is 5.57 Å². The first-order valence-corrected chi connectivity index (χ1v) is 8.87. The summed E-state index contributed by atoms with van der Waals surface area (Å²) in [5, 5.41) is 0. The van der Waals surface area contributed by atoms with Gasteiger partial charge in [0, 0.05) is 20.3 Å². The number of rotatable bonds is 6. The lowest BCUT2D eigenvalue weighted by molar-refractivity contribution is -2.00. The van der Waals surface area contributed by atoms with Crippen molar-refractivity contribution < 1.29 is 33.5 Å². The molecular formula is C17H27ClN2O4. The van der Waals surface area contributed by atoms with E-state index in [2.05, 4.69) is 81.3 Å². The molecule has 136 valence electrons. The van der Waals surface area contributed by atoms with Gasteiger partial charge < -0.3 is 4.90 Å². The maximum absolute atomic E-state index is 8.49. The van der Waals surface area contributed by atoms with Crippen LogP contribution in [0.4, 0.5) is 0 Å². The fraction of sp³-hybridized carbons (Fsp3) is 0.471. The molecule has 0 aliphatic rings. The van der Waals surface area contributed by atoms with Crippen molar-refractivity contribution >= 4 is 11.8 Å². The molecule has 0 fully saturated rings. The molecule has 0 aliphatic carbocycles. The lowest BCUT2D eigenvalue weighted by atomic mass is 10.0. The second-order valence-corrected chi connectivity index (χ2v) is 6.58. The molecule has 1 rings (SSSR count). The van der Waals surface area contributed by atoms with Crippen LogP contribution in [0.15, 0.2) is 30.5 Å². The lowest BCUT2D eigenvalue weighted by Crippen LogP contribution is -2.68. The Hall–Kier alpha value is -1.44. The zero-order valence-corrected chi connectivity index (χ0v) is 15.7. The number of aryl methyl sites for hydroxylation is 1. The van der Waals surface area contributed by atoms with Gasteiger partial charge in [0.1, 0.15) is 14.1 Å². The molecule has 1 aromatic carbocycles. The molecule has 0 N–H and O–H groups in total. The molecule has 7 heteroatoms. The molecule has 0 saturated heterocycles. The van der Waals surface area contributed by atoms with E-state index in [1.165, 1.54) is 36.0 Å². The zero-order valence-electron chi connectivity index (χ0n) is 15.0. The first-order chi connectivity index (χ1) is 11.0. The molecule has 0 bridgehead atoms. The molecule has 0 atom stereocenters. The van der Waals surface area contributed by atoms with Crippen molar-refractivity contribution in [1.29, 1.82) is 0 Å². The van der Waals surface area contributed by atoms with Gasteiger partial charge in [-0.05, 0) is 24.0 Å². The van der Waals surface area contributed by atoms with E-state index >= 15 is 0 Å². The van der Waals surface area contributed by atoms with Crippen molar-refractivity contribution in [3.63, 3.8) is 0 Å². The Morgan fingerprint density at radius 3 is 1.96 bits per heavy atom. The second kappa shape index (κ2) is 11.2. The predicted octanol–water partition coefficient (Wildman–Crippen LogP) is -1.48. The van der Waals surface area contributed by atoms with Crippen molar-refractivity contribution in [2.45, 2.75) is 26.2 Å². The Kier molecular flexibility index (Phi) is 10.5. The summed E-state index contributed by atoms with van der Waals surface area (Å²) in [6.07, 6.45) is 8.01. The van der Waals surface area contributed by atoms with Gasteiger partial charge in [-0.2, -0.15) is 0 Å². The fourth-order valence-corrected chi connectivity index (χ4v) is 1.98. The Labute approximate surface area is 146 Å². The van der Waals surface area contributed by atoms with E-state index in [1.54, 1.807) is 0 Å². The average Bonchev–Trinajstić information content (AvgIpc) is 2.42. The number of unbranched alkanes of at least 4 members (excludes halogenated alkanes) is 1. The van der Waals surface area contributed by atoms with Gasteiger partial charge in [-0.25, -0.2) is 23.2 Å². The Bertz CT molecular complexity index is 525. The number of allylic oxidation sites excluding steroid dienone is 1. The predicted molar refractivity (Wildman–Crippen MR) is 84.9 cm³/mol. The van der Waals surface area contributed by atoms with Gasteiger partial charge in [-0.15, -0.1) is 10.2 Å². The van der Waals surface area contributed by atoms with Gasteiger partial charge in [0.25, 0.3) is 0 Å². The monoisotopic (exact) mass is 358 g/mol. The number of nitrogens with zero attached hydrogens (tertiary/aromatic N) is 2. The molecule has 24 heavy (non-hydrogen) atoms. The average molecular weight is 359 g/mol. The highest BCUT2D eigenvalue weighted by Crippen LogP contribution is 2.15. The van der Waals surface area contributed by atoms with Gasteiger partial charge in [0.05, 0.1) is 5.57 Å². The van der Waals surface area contributed by atoms with Crippen molar-refractivity contribution in [3.05, 3.63) is 41.6 Å². The summed E-state index contributed by atoms with van der Waals surface area (Å²) in [6, 6.07) is 8.94. The van der Waals surface area contributed by atoms with Crippen LogP contribution in [0.3, 0.4) is 0 Å². The first kappa shape index (κ1) is 22.6. The molecule has 1 aromatic rings. The molecule has 0 amide bonds. The maximum atomic E-state index is 8.49. The van der Waals surface area contributed by atoms with Crippen molar-refractivity contribution in [3.8, 4) is 0 Å². The van der Waals surface area contributed by atoms with Crippen molar-refractivity contribution in [1.82, 2.24) is 4.90 Å². The Morgan fingerprint density at radius 2 is 1.58 bits per heavy atom. The van der Waals surface area contributed by atoms with Crippen molar-refractivity contribution in [2.24, 2.45) is 0 Å². The number of halogens is 1. The zero-order chi connectivity index (χ0) is 18.8. The smallest absolute Gasteiger partial charge is 0.172 e. The molecule has 0 unspecified atom stereocenters. The van der Waals surface area contributed by atoms with Gasteiger partial charge in [-0.1, -0.05) is 37.6 Å². The van der Waals surface area contributed by atoms with Crippen LogP contribution in [0.1, 0.15) is 30.9 Å². The summed E-state index contributed by atoms with van der Waals surface area (Å²) in [4.78, 5) is 2.08. The van der Waals surface area contributed by atoms with Gasteiger partial charge in [0.15, 0.2) is 6.21 Å².